The maximum atomic E-state index is 12.8. The number of amides is 2. The van der Waals surface area contributed by atoms with Crippen LogP contribution in [0.1, 0.15) is 26.3 Å². The van der Waals surface area contributed by atoms with E-state index in [4.69, 9.17) is 0 Å². The van der Waals surface area contributed by atoms with E-state index >= 15 is 0 Å². The van der Waals surface area contributed by atoms with Crippen molar-refractivity contribution in [2.45, 2.75) is 0 Å². The Balaban J connectivity index is 1.80. The lowest BCUT2D eigenvalue weighted by Gasteiger charge is -2.11. The van der Waals surface area contributed by atoms with E-state index in [9.17, 15) is 19.5 Å². The van der Waals surface area contributed by atoms with Crippen LogP contribution in [0, 0.1) is 0 Å². The lowest BCUT2D eigenvalue weighted by molar-refractivity contribution is -0.255. The van der Waals surface area contributed by atoms with Crippen LogP contribution in [0.3, 0.4) is 0 Å². The number of aromatic carboxylic acids is 1. The minimum atomic E-state index is -1.31. The van der Waals surface area contributed by atoms with E-state index < -0.39 is 17.8 Å². The number of anilines is 1. The number of allylic oxidation sites excluding steroid dienone is 2. The number of carbonyl (C=O) groups excluding carboxylic acids is 3. The van der Waals surface area contributed by atoms with Crippen molar-refractivity contribution in [3.8, 4) is 0 Å². The van der Waals surface area contributed by atoms with Gasteiger partial charge in [0.1, 0.15) is 5.70 Å². The van der Waals surface area contributed by atoms with Gasteiger partial charge in [-0.3, -0.25) is 9.59 Å². The molecule has 6 heteroatoms. The second-order valence-electron chi connectivity index (χ2n) is 6.49. The molecule has 6 nitrogen and oxygen atoms in total. The van der Waals surface area contributed by atoms with Crippen LogP contribution in [0.5, 0.6) is 0 Å². The van der Waals surface area contributed by atoms with Crippen molar-refractivity contribution in [1.29, 1.82) is 0 Å². The van der Waals surface area contributed by atoms with Crippen LogP contribution < -0.4 is 15.7 Å². The first kappa shape index (κ1) is 21.3. The minimum Gasteiger partial charge on any atom is -0.545 e. The fourth-order valence-corrected chi connectivity index (χ4v) is 2.67. The normalized spacial score (nSPS) is 11.2. The molecule has 0 aliphatic rings. The Bertz CT molecular complexity index is 1120. The number of benzene rings is 3. The molecule has 0 aliphatic carbocycles. The molecule has 0 radical (unpaired) electrons. The third-order valence-electron chi connectivity index (χ3n) is 4.26. The van der Waals surface area contributed by atoms with Crippen molar-refractivity contribution in [2.24, 2.45) is 0 Å². The lowest BCUT2D eigenvalue weighted by atomic mass is 10.2. The number of rotatable bonds is 7. The summed E-state index contributed by atoms with van der Waals surface area (Å²) in [7, 11) is 0. The molecule has 2 N–H and O–H groups in total. The Kier molecular flexibility index (Phi) is 7.11. The van der Waals surface area contributed by atoms with Crippen molar-refractivity contribution in [1.82, 2.24) is 5.32 Å². The number of hydrogen-bond acceptors (Lipinski definition) is 4. The highest BCUT2D eigenvalue weighted by Crippen LogP contribution is 2.11. The molecule has 0 heterocycles. The molecule has 3 aromatic rings. The van der Waals surface area contributed by atoms with Gasteiger partial charge in [-0.15, -0.1) is 0 Å². The second kappa shape index (κ2) is 10.4. The van der Waals surface area contributed by atoms with E-state index in [1.165, 1.54) is 30.3 Å². The van der Waals surface area contributed by atoms with E-state index in [0.29, 0.717) is 11.3 Å². The van der Waals surface area contributed by atoms with Gasteiger partial charge in [-0.2, -0.15) is 0 Å². The molecule has 0 aliphatic heterocycles. The SMILES string of the molecule is O=C(Nc1ccc(C(=O)[O-])cc1)/C(=C/C=C/c1ccccc1)NC(=O)c1ccccc1. The molecular formula is C25H19N2O4-. The number of carbonyl (C=O) groups is 3. The Labute approximate surface area is 179 Å². The van der Waals surface area contributed by atoms with Gasteiger partial charge in [0.15, 0.2) is 0 Å². The topological polar surface area (TPSA) is 98.3 Å². The molecule has 0 atom stereocenters. The van der Waals surface area contributed by atoms with Gasteiger partial charge < -0.3 is 20.5 Å². The summed E-state index contributed by atoms with van der Waals surface area (Å²) in [4.78, 5) is 36.2. The van der Waals surface area contributed by atoms with Crippen molar-refractivity contribution in [2.75, 3.05) is 5.32 Å². The first-order valence-corrected chi connectivity index (χ1v) is 9.45. The van der Waals surface area contributed by atoms with Crippen molar-refractivity contribution in [3.05, 3.63) is 119 Å². The van der Waals surface area contributed by atoms with Crippen LogP contribution in [-0.2, 0) is 4.79 Å². The third kappa shape index (κ3) is 6.27. The van der Waals surface area contributed by atoms with Crippen LogP contribution in [0.4, 0.5) is 5.69 Å². The second-order valence-corrected chi connectivity index (χ2v) is 6.49. The number of carboxylic acids is 1. The molecule has 0 saturated carbocycles. The molecule has 3 aromatic carbocycles. The summed E-state index contributed by atoms with van der Waals surface area (Å²) in [6.45, 7) is 0. The molecule has 154 valence electrons. The molecule has 0 unspecified atom stereocenters. The monoisotopic (exact) mass is 411 g/mol. The standard InChI is InChI=1S/C25H20N2O4/c28-23(19-11-5-2-6-12-19)27-22(13-7-10-18-8-3-1-4-9-18)24(29)26-21-16-14-20(15-17-21)25(30)31/h1-17H,(H,26,29)(H,27,28)(H,30,31)/p-1/b10-7+,22-13-. The Morgan fingerprint density at radius 3 is 1.97 bits per heavy atom. The number of carboxylic acid groups (broad SMARTS) is 1. The smallest absolute Gasteiger partial charge is 0.272 e. The fraction of sp³-hybridized carbons (Fsp3) is 0. The zero-order valence-electron chi connectivity index (χ0n) is 16.4. The highest BCUT2D eigenvalue weighted by Gasteiger charge is 2.14. The van der Waals surface area contributed by atoms with Crippen molar-refractivity contribution in [3.63, 3.8) is 0 Å². The fourth-order valence-electron chi connectivity index (χ4n) is 2.67. The summed E-state index contributed by atoms with van der Waals surface area (Å²) in [6, 6.07) is 23.6. The predicted octanol–water partition coefficient (Wildman–Crippen LogP) is 3.02. The highest BCUT2D eigenvalue weighted by atomic mass is 16.4. The predicted molar refractivity (Wildman–Crippen MR) is 117 cm³/mol. The van der Waals surface area contributed by atoms with Gasteiger partial charge in [-0.05, 0) is 41.5 Å². The number of nitrogens with one attached hydrogen (secondary N) is 2. The molecule has 0 saturated heterocycles. The molecule has 0 bridgehead atoms. The van der Waals surface area contributed by atoms with Crippen LogP contribution in [0.25, 0.3) is 6.08 Å². The maximum Gasteiger partial charge on any atom is 0.272 e. The summed E-state index contributed by atoms with van der Waals surface area (Å²) in [6.07, 6.45) is 4.96. The average Bonchev–Trinajstić information content (AvgIpc) is 2.80. The molecule has 0 spiro atoms. The minimum absolute atomic E-state index is 0.00283. The van der Waals surface area contributed by atoms with E-state index in [2.05, 4.69) is 10.6 Å². The first-order chi connectivity index (χ1) is 15.0. The Morgan fingerprint density at radius 2 is 1.35 bits per heavy atom. The lowest BCUT2D eigenvalue weighted by Crippen LogP contribution is -2.30. The molecule has 31 heavy (non-hydrogen) atoms. The summed E-state index contributed by atoms with van der Waals surface area (Å²) in [5.41, 5.74) is 1.75. The van der Waals surface area contributed by atoms with Crippen molar-refractivity contribution >= 4 is 29.5 Å². The van der Waals surface area contributed by atoms with Gasteiger partial charge in [0.25, 0.3) is 11.8 Å². The Hall–Kier alpha value is -4.45. The van der Waals surface area contributed by atoms with E-state index in [-0.39, 0.29) is 11.3 Å². The van der Waals surface area contributed by atoms with Crippen molar-refractivity contribution < 1.29 is 19.5 Å². The zero-order valence-corrected chi connectivity index (χ0v) is 16.4. The average molecular weight is 411 g/mol. The van der Waals surface area contributed by atoms with Gasteiger partial charge in [-0.25, -0.2) is 0 Å². The van der Waals surface area contributed by atoms with Gasteiger partial charge in [0, 0.05) is 11.3 Å². The summed E-state index contributed by atoms with van der Waals surface area (Å²) >= 11 is 0. The van der Waals surface area contributed by atoms with Crippen LogP contribution in [-0.4, -0.2) is 17.8 Å². The molecule has 0 aromatic heterocycles. The van der Waals surface area contributed by atoms with Gasteiger partial charge in [0.05, 0.1) is 5.97 Å². The first-order valence-electron chi connectivity index (χ1n) is 9.45. The molecule has 2 amide bonds. The quantitative estimate of drug-likeness (QED) is 0.461. The van der Waals surface area contributed by atoms with Gasteiger partial charge in [-0.1, -0.05) is 72.8 Å². The third-order valence-corrected chi connectivity index (χ3v) is 4.26. The van der Waals surface area contributed by atoms with E-state index in [1.54, 1.807) is 42.5 Å². The van der Waals surface area contributed by atoms with Crippen LogP contribution >= 0.6 is 0 Å². The zero-order chi connectivity index (χ0) is 22.1. The number of hydrogen-bond donors (Lipinski definition) is 2. The van der Waals surface area contributed by atoms with Gasteiger partial charge in [0.2, 0.25) is 0 Å². The van der Waals surface area contributed by atoms with Gasteiger partial charge >= 0.3 is 0 Å². The van der Waals surface area contributed by atoms with Crippen LogP contribution in [0.15, 0.2) is 103 Å². The largest absolute Gasteiger partial charge is 0.545 e. The highest BCUT2D eigenvalue weighted by molar-refractivity contribution is 6.08. The van der Waals surface area contributed by atoms with Crippen LogP contribution in [0.2, 0.25) is 0 Å². The molecule has 3 rings (SSSR count). The summed E-state index contributed by atoms with van der Waals surface area (Å²) < 4.78 is 0. The molecule has 0 fully saturated rings. The summed E-state index contributed by atoms with van der Waals surface area (Å²) in [5.74, 6) is -2.29. The Morgan fingerprint density at radius 1 is 0.742 bits per heavy atom. The van der Waals surface area contributed by atoms with E-state index in [1.807, 2.05) is 30.3 Å². The molecular weight excluding hydrogens is 392 g/mol. The van der Waals surface area contributed by atoms with E-state index in [0.717, 1.165) is 5.56 Å². The summed E-state index contributed by atoms with van der Waals surface area (Å²) in [5, 5.41) is 16.1. The maximum absolute atomic E-state index is 12.8.